The second-order valence-corrected chi connectivity index (χ2v) is 15.8. The van der Waals surface area contributed by atoms with E-state index in [1.165, 1.54) is 45.6 Å². The molecule has 0 aliphatic heterocycles. The molecule has 1 amide bonds. The number of carbonyl (C=O) groups excluding carboxylic acids is 1. The van der Waals surface area contributed by atoms with E-state index in [1.807, 2.05) is 19.1 Å². The quantitative estimate of drug-likeness (QED) is 0.125. The molecule has 3 rings (SSSR count). The van der Waals surface area contributed by atoms with E-state index in [0.29, 0.717) is 29.0 Å². The molecule has 0 saturated carbocycles. The van der Waals surface area contributed by atoms with E-state index in [1.54, 1.807) is 41.7 Å². The van der Waals surface area contributed by atoms with Crippen molar-refractivity contribution in [2.24, 2.45) is 11.8 Å². The summed E-state index contributed by atoms with van der Waals surface area (Å²) < 4.78 is 0.932. The van der Waals surface area contributed by atoms with Crippen LogP contribution in [0.15, 0.2) is 35.1 Å². The topological polar surface area (TPSA) is 102 Å². The van der Waals surface area contributed by atoms with Crippen LogP contribution < -0.4 is 25.9 Å². The zero-order valence-corrected chi connectivity index (χ0v) is 34.1. The first kappa shape index (κ1) is 42.5. The Labute approximate surface area is 316 Å². The normalized spacial score (nSPS) is 13.6. The van der Waals surface area contributed by atoms with Gasteiger partial charge in [-0.05, 0) is 55.7 Å². The summed E-state index contributed by atoms with van der Waals surface area (Å²) in [6.07, 6.45) is 15.3. The minimum atomic E-state index is -0.575. The molecular weight excluding hydrogens is 667 g/mol. The summed E-state index contributed by atoms with van der Waals surface area (Å²) in [4.78, 5) is 36.9. The lowest BCUT2D eigenvalue weighted by Crippen LogP contribution is -2.53. The van der Waals surface area contributed by atoms with Gasteiger partial charge in [0.25, 0.3) is 11.5 Å². The summed E-state index contributed by atoms with van der Waals surface area (Å²) in [7, 11) is 1.44. The van der Waals surface area contributed by atoms with Crippen LogP contribution in [0.1, 0.15) is 153 Å². The van der Waals surface area contributed by atoms with Crippen LogP contribution in [0, 0.1) is 23.2 Å². The smallest absolute Gasteiger partial charge is 0.280 e. The predicted molar refractivity (Wildman–Crippen MR) is 218 cm³/mol. The molecule has 1 N–H and O–H groups in total. The molecule has 2 atom stereocenters. The molecule has 2 aromatic heterocycles. The number of nitrogens with zero attached hydrogens (tertiary/aromatic N) is 5. The van der Waals surface area contributed by atoms with Gasteiger partial charge in [0.15, 0.2) is 5.13 Å². The number of anilines is 1. The van der Waals surface area contributed by atoms with Crippen LogP contribution in [-0.4, -0.2) is 40.8 Å². The standard InChI is InChI=1S/C43H63N5O3S/c1-10-16-22-31(13-4)29-47(30-32(14-5)23-17-11-2)42-45-38(43(7,8)15-6)37(52-42)27-35-34(26-18-12-3)36(28-44)41(51)48(40(35)50)46(9)39(49)33-24-20-19-21-25-33/h19-21,24-27,31-32,51H,10-18,22-23,29-30H2,1-9H3/b34-26-,35-27-. The molecule has 2 unspecified atom stereocenters. The molecule has 3 aromatic rings. The van der Waals surface area contributed by atoms with Crippen molar-refractivity contribution in [3.8, 4) is 11.9 Å². The van der Waals surface area contributed by atoms with Crippen molar-refractivity contribution < 1.29 is 9.90 Å². The van der Waals surface area contributed by atoms with E-state index in [9.17, 15) is 20.0 Å². The number of pyridine rings is 1. The number of aromatic hydroxyl groups is 1. The molecule has 0 aliphatic carbocycles. The number of benzene rings is 1. The van der Waals surface area contributed by atoms with Gasteiger partial charge in [-0.2, -0.15) is 9.94 Å². The predicted octanol–water partition coefficient (Wildman–Crippen LogP) is 8.63. The molecule has 0 fully saturated rings. The van der Waals surface area contributed by atoms with Crippen molar-refractivity contribution in [3.63, 3.8) is 0 Å². The molecule has 9 heteroatoms. The van der Waals surface area contributed by atoms with Crippen molar-refractivity contribution in [2.75, 3.05) is 30.0 Å². The van der Waals surface area contributed by atoms with E-state index >= 15 is 0 Å². The summed E-state index contributed by atoms with van der Waals surface area (Å²) in [6.45, 7) is 19.5. The van der Waals surface area contributed by atoms with Gasteiger partial charge in [0.2, 0.25) is 5.88 Å². The van der Waals surface area contributed by atoms with Crippen molar-refractivity contribution in [2.45, 2.75) is 131 Å². The lowest BCUT2D eigenvalue weighted by atomic mass is 9.85. The van der Waals surface area contributed by atoms with Crippen LogP contribution in [0.2, 0.25) is 0 Å². The number of thiazole rings is 1. The largest absolute Gasteiger partial charge is 0.492 e. The number of nitriles is 1. The Balaban J connectivity index is 2.40. The molecule has 284 valence electrons. The number of rotatable bonds is 20. The molecule has 0 bridgehead atoms. The Hall–Kier alpha value is -3.90. The van der Waals surface area contributed by atoms with Gasteiger partial charge in [0, 0.05) is 36.3 Å². The molecule has 2 heterocycles. The summed E-state index contributed by atoms with van der Waals surface area (Å²) in [6, 6.07) is 10.8. The first-order valence-electron chi connectivity index (χ1n) is 19.6. The maximum atomic E-state index is 14.6. The molecule has 1 aromatic carbocycles. The van der Waals surface area contributed by atoms with Crippen LogP contribution >= 0.6 is 11.3 Å². The highest BCUT2D eigenvalue weighted by Gasteiger charge is 2.29. The zero-order valence-electron chi connectivity index (χ0n) is 33.3. The van der Waals surface area contributed by atoms with Crippen molar-refractivity contribution in [3.05, 3.63) is 72.8 Å². The molecule has 0 aliphatic rings. The monoisotopic (exact) mass is 729 g/mol. The second-order valence-electron chi connectivity index (χ2n) is 14.8. The van der Waals surface area contributed by atoms with E-state index in [-0.39, 0.29) is 16.2 Å². The highest BCUT2D eigenvalue weighted by atomic mass is 32.1. The third kappa shape index (κ3) is 10.4. The number of hydrogen-bond donors (Lipinski definition) is 1. The van der Waals surface area contributed by atoms with Gasteiger partial charge in [0.05, 0.1) is 15.8 Å². The van der Waals surface area contributed by atoms with Gasteiger partial charge < -0.3 is 10.0 Å². The van der Waals surface area contributed by atoms with Crippen molar-refractivity contribution in [1.29, 1.82) is 5.26 Å². The van der Waals surface area contributed by atoms with Gasteiger partial charge >= 0.3 is 0 Å². The highest BCUT2D eigenvalue weighted by molar-refractivity contribution is 7.16. The Bertz CT molecular complexity index is 1800. The first-order valence-corrected chi connectivity index (χ1v) is 20.4. The number of aromatic nitrogens is 2. The summed E-state index contributed by atoms with van der Waals surface area (Å²) in [5.41, 5.74) is 0.351. The zero-order chi connectivity index (χ0) is 38.4. The van der Waals surface area contributed by atoms with E-state index in [0.717, 1.165) is 64.2 Å². The maximum Gasteiger partial charge on any atom is 0.280 e. The Morgan fingerprint density at radius 1 is 0.981 bits per heavy atom. The minimum absolute atomic E-state index is 0.0434. The van der Waals surface area contributed by atoms with Crippen LogP contribution in [0.5, 0.6) is 5.88 Å². The Morgan fingerprint density at radius 3 is 2.08 bits per heavy atom. The van der Waals surface area contributed by atoms with Crippen LogP contribution in [0.4, 0.5) is 5.13 Å². The summed E-state index contributed by atoms with van der Waals surface area (Å²) in [5.74, 6) is 0.0687. The van der Waals surface area contributed by atoms with Crippen LogP contribution in [-0.2, 0) is 5.41 Å². The third-order valence-corrected chi connectivity index (χ3v) is 11.6. The Kier molecular flexibility index (Phi) is 16.7. The average molecular weight is 730 g/mol. The summed E-state index contributed by atoms with van der Waals surface area (Å²) in [5, 5.41) is 24.5. The van der Waals surface area contributed by atoms with Gasteiger partial charge in [-0.3, -0.25) is 9.59 Å². The fraction of sp³-hybridized carbons (Fsp3) is 0.581. The molecule has 0 spiro atoms. The maximum absolute atomic E-state index is 14.6. The second kappa shape index (κ2) is 20.4. The number of hydrogen-bond acceptors (Lipinski definition) is 7. The molecule has 0 saturated heterocycles. The van der Waals surface area contributed by atoms with Gasteiger partial charge in [-0.15, -0.1) is 0 Å². The Morgan fingerprint density at radius 2 is 1.58 bits per heavy atom. The number of carbonyl (C=O) groups is 1. The highest BCUT2D eigenvalue weighted by Crippen LogP contribution is 2.37. The van der Waals surface area contributed by atoms with Gasteiger partial charge in [-0.25, -0.2) is 9.99 Å². The van der Waals surface area contributed by atoms with Crippen molar-refractivity contribution >= 4 is 34.5 Å². The van der Waals surface area contributed by atoms with E-state index in [4.69, 9.17) is 4.98 Å². The molecule has 0 radical (unpaired) electrons. The van der Waals surface area contributed by atoms with E-state index in [2.05, 4.69) is 59.4 Å². The number of unbranched alkanes of at least 4 members (excludes halogenated alkanes) is 3. The lowest BCUT2D eigenvalue weighted by molar-refractivity contribution is 0.0961. The molecular formula is C43H63N5O3S. The third-order valence-electron chi connectivity index (χ3n) is 10.5. The van der Waals surface area contributed by atoms with Crippen LogP contribution in [0.3, 0.4) is 0 Å². The SMILES string of the molecule is CCC/C=c1\c(C#N)c(O)n(N(C)C(=O)c2ccccc2)c(=O)\c1=C/c1sc(N(CC(CC)CCCC)CC(CC)CCCC)nc1C(C)(C)CC. The average Bonchev–Trinajstić information content (AvgIpc) is 3.59. The fourth-order valence-electron chi connectivity index (χ4n) is 6.60. The lowest BCUT2D eigenvalue weighted by Gasteiger charge is -2.30. The van der Waals surface area contributed by atoms with E-state index < -0.39 is 17.3 Å². The molecule has 52 heavy (non-hydrogen) atoms. The van der Waals surface area contributed by atoms with Gasteiger partial charge in [0.1, 0.15) is 11.6 Å². The minimum Gasteiger partial charge on any atom is -0.492 e. The summed E-state index contributed by atoms with van der Waals surface area (Å²) >= 11 is 1.60. The van der Waals surface area contributed by atoms with Gasteiger partial charge in [-0.1, -0.05) is 136 Å². The molecule has 8 nitrogen and oxygen atoms in total. The first-order chi connectivity index (χ1) is 24.9. The van der Waals surface area contributed by atoms with Crippen molar-refractivity contribution in [1.82, 2.24) is 9.66 Å². The fourth-order valence-corrected chi connectivity index (χ4v) is 7.81. The van der Waals surface area contributed by atoms with Crippen LogP contribution in [0.25, 0.3) is 12.2 Å². The number of amides is 1.